The van der Waals surface area contributed by atoms with Gasteiger partial charge in [0.15, 0.2) is 0 Å². The number of aromatic carboxylic acids is 1. The molecule has 0 saturated heterocycles. The fraction of sp³-hybridized carbons (Fsp3) is 0.429. The minimum Gasteiger partial charge on any atom is -0.507 e. The van der Waals surface area contributed by atoms with Crippen molar-refractivity contribution >= 4 is 17.7 Å². The summed E-state index contributed by atoms with van der Waals surface area (Å²) in [5, 5.41) is 23.3. The normalized spacial score (nSPS) is 10.1. The van der Waals surface area contributed by atoms with Gasteiger partial charge in [0, 0.05) is 18.8 Å². The summed E-state index contributed by atoms with van der Waals surface area (Å²) in [5.41, 5.74) is 0.0188. The standard InChI is InChI=1S/C14H20N2O5/c1-2-3-7-21-8-6-15-14(20)16-10-4-5-12(17)11(9-10)13(18)19/h4-5,9,17H,2-3,6-8H2,1H3,(H,18,19)(H2,15,16,20). The minimum absolute atomic E-state index is 0.268. The van der Waals surface area contributed by atoms with Crippen molar-refractivity contribution in [3.8, 4) is 5.75 Å². The van der Waals surface area contributed by atoms with E-state index in [-0.39, 0.29) is 17.0 Å². The number of amides is 2. The molecule has 0 saturated carbocycles. The number of urea groups is 1. The molecule has 21 heavy (non-hydrogen) atoms. The molecule has 1 aromatic rings. The van der Waals surface area contributed by atoms with E-state index >= 15 is 0 Å². The van der Waals surface area contributed by atoms with Crippen LogP contribution in [0.5, 0.6) is 5.75 Å². The maximum atomic E-state index is 11.6. The van der Waals surface area contributed by atoms with E-state index in [4.69, 9.17) is 9.84 Å². The number of phenols is 1. The number of carboxylic acid groups (broad SMARTS) is 1. The van der Waals surface area contributed by atoms with Crippen LogP contribution < -0.4 is 10.6 Å². The van der Waals surface area contributed by atoms with Gasteiger partial charge in [-0.3, -0.25) is 0 Å². The molecule has 7 nitrogen and oxygen atoms in total. The number of carboxylic acids is 1. The van der Waals surface area contributed by atoms with Crippen LogP contribution in [0.3, 0.4) is 0 Å². The van der Waals surface area contributed by atoms with Gasteiger partial charge in [0.05, 0.1) is 6.61 Å². The Balaban J connectivity index is 2.38. The number of benzene rings is 1. The van der Waals surface area contributed by atoms with Crippen molar-refractivity contribution in [2.24, 2.45) is 0 Å². The molecule has 0 unspecified atom stereocenters. The molecule has 0 spiro atoms. The first-order valence-electron chi connectivity index (χ1n) is 6.73. The molecular weight excluding hydrogens is 276 g/mol. The molecular formula is C14H20N2O5. The third-order valence-electron chi connectivity index (χ3n) is 2.66. The molecule has 0 aliphatic rings. The number of hydrogen-bond donors (Lipinski definition) is 4. The number of carbonyl (C=O) groups is 2. The predicted octanol–water partition coefficient (Wildman–Crippen LogP) is 2.03. The zero-order chi connectivity index (χ0) is 15.7. The number of carbonyl (C=O) groups excluding carboxylic acids is 1. The molecule has 0 bridgehead atoms. The summed E-state index contributed by atoms with van der Waals surface area (Å²) in [6, 6.07) is 3.36. The first-order valence-corrected chi connectivity index (χ1v) is 6.73. The molecule has 0 aliphatic heterocycles. The maximum Gasteiger partial charge on any atom is 0.339 e. The average Bonchev–Trinajstić information content (AvgIpc) is 2.44. The van der Waals surface area contributed by atoms with E-state index in [0.29, 0.717) is 19.8 Å². The Hall–Kier alpha value is -2.28. The molecule has 0 aliphatic carbocycles. The van der Waals surface area contributed by atoms with E-state index < -0.39 is 12.0 Å². The van der Waals surface area contributed by atoms with Gasteiger partial charge < -0.3 is 25.6 Å². The predicted molar refractivity (Wildman–Crippen MR) is 77.8 cm³/mol. The smallest absolute Gasteiger partial charge is 0.339 e. The lowest BCUT2D eigenvalue weighted by atomic mass is 10.2. The highest BCUT2D eigenvalue weighted by Crippen LogP contribution is 2.21. The number of nitrogens with one attached hydrogen (secondary N) is 2. The summed E-state index contributed by atoms with van der Waals surface area (Å²) in [4.78, 5) is 22.4. The van der Waals surface area contributed by atoms with Crippen molar-refractivity contribution in [1.29, 1.82) is 0 Å². The number of hydrogen-bond acceptors (Lipinski definition) is 4. The molecule has 0 radical (unpaired) electrons. The van der Waals surface area contributed by atoms with Crippen LogP contribution in [0.2, 0.25) is 0 Å². The second kappa shape index (κ2) is 8.80. The van der Waals surface area contributed by atoms with Crippen molar-refractivity contribution in [2.75, 3.05) is 25.1 Å². The zero-order valence-corrected chi connectivity index (χ0v) is 11.9. The van der Waals surface area contributed by atoms with E-state index in [1.54, 1.807) is 0 Å². The van der Waals surface area contributed by atoms with Crippen LogP contribution in [0, 0.1) is 0 Å². The van der Waals surface area contributed by atoms with Gasteiger partial charge in [-0.1, -0.05) is 13.3 Å². The van der Waals surface area contributed by atoms with Crippen LogP contribution >= 0.6 is 0 Å². The first-order chi connectivity index (χ1) is 10.0. The fourth-order valence-corrected chi connectivity index (χ4v) is 1.55. The van der Waals surface area contributed by atoms with E-state index in [1.165, 1.54) is 18.2 Å². The lowest BCUT2D eigenvalue weighted by Crippen LogP contribution is -2.31. The molecule has 4 N–H and O–H groups in total. The van der Waals surface area contributed by atoms with Crippen LogP contribution in [-0.4, -0.2) is 42.0 Å². The molecule has 7 heteroatoms. The lowest BCUT2D eigenvalue weighted by Gasteiger charge is -2.09. The Labute approximate surface area is 122 Å². The maximum absolute atomic E-state index is 11.6. The average molecular weight is 296 g/mol. The Kier molecular flexibility index (Phi) is 7.03. The van der Waals surface area contributed by atoms with Gasteiger partial charge in [0.25, 0.3) is 0 Å². The Bertz CT molecular complexity index is 490. The van der Waals surface area contributed by atoms with Gasteiger partial charge in [-0.2, -0.15) is 0 Å². The summed E-state index contributed by atoms with van der Waals surface area (Å²) in [5.74, 6) is -1.61. The van der Waals surface area contributed by atoms with Gasteiger partial charge in [0.2, 0.25) is 0 Å². The van der Waals surface area contributed by atoms with Gasteiger partial charge in [0.1, 0.15) is 11.3 Å². The van der Waals surface area contributed by atoms with E-state index in [1.807, 2.05) is 0 Å². The van der Waals surface area contributed by atoms with Gasteiger partial charge >= 0.3 is 12.0 Å². The van der Waals surface area contributed by atoms with Crippen LogP contribution in [0.15, 0.2) is 18.2 Å². The van der Waals surface area contributed by atoms with Crippen LogP contribution in [-0.2, 0) is 4.74 Å². The molecule has 2 amide bonds. The Morgan fingerprint density at radius 1 is 1.29 bits per heavy atom. The quantitative estimate of drug-likeness (QED) is 0.433. The van der Waals surface area contributed by atoms with E-state index in [2.05, 4.69) is 17.6 Å². The number of rotatable bonds is 8. The van der Waals surface area contributed by atoms with Crippen LogP contribution in [0.4, 0.5) is 10.5 Å². The molecule has 0 aromatic heterocycles. The molecule has 1 aromatic carbocycles. The minimum atomic E-state index is -1.26. The Morgan fingerprint density at radius 3 is 2.71 bits per heavy atom. The van der Waals surface area contributed by atoms with Crippen LogP contribution in [0.25, 0.3) is 0 Å². The molecule has 0 heterocycles. The topological polar surface area (TPSA) is 108 Å². The highest BCUT2D eigenvalue weighted by Gasteiger charge is 2.11. The highest BCUT2D eigenvalue weighted by atomic mass is 16.5. The van der Waals surface area contributed by atoms with E-state index in [9.17, 15) is 14.7 Å². The third kappa shape index (κ3) is 6.13. The van der Waals surface area contributed by atoms with E-state index in [0.717, 1.165) is 12.8 Å². The molecule has 1 rings (SSSR count). The zero-order valence-electron chi connectivity index (χ0n) is 11.9. The lowest BCUT2D eigenvalue weighted by molar-refractivity contribution is 0.0693. The number of aromatic hydroxyl groups is 1. The van der Waals surface area contributed by atoms with Crippen molar-refractivity contribution in [2.45, 2.75) is 19.8 Å². The molecule has 0 atom stereocenters. The summed E-state index contributed by atoms with van der Waals surface area (Å²) < 4.78 is 5.29. The fourth-order valence-electron chi connectivity index (χ4n) is 1.55. The van der Waals surface area contributed by atoms with Crippen molar-refractivity contribution in [3.05, 3.63) is 23.8 Å². The summed E-state index contributed by atoms with van der Waals surface area (Å²) in [7, 11) is 0. The van der Waals surface area contributed by atoms with Crippen LogP contribution in [0.1, 0.15) is 30.1 Å². The first kappa shape index (κ1) is 16.8. The summed E-state index contributed by atoms with van der Waals surface area (Å²) in [6.45, 7) is 3.51. The molecule has 116 valence electrons. The van der Waals surface area contributed by atoms with Crippen molar-refractivity contribution in [1.82, 2.24) is 5.32 Å². The molecule has 0 fully saturated rings. The van der Waals surface area contributed by atoms with Gasteiger partial charge in [-0.15, -0.1) is 0 Å². The van der Waals surface area contributed by atoms with Crippen molar-refractivity contribution in [3.63, 3.8) is 0 Å². The summed E-state index contributed by atoms with van der Waals surface area (Å²) >= 11 is 0. The SMILES string of the molecule is CCCCOCCNC(=O)Nc1ccc(O)c(C(=O)O)c1. The number of anilines is 1. The monoisotopic (exact) mass is 296 g/mol. The third-order valence-corrected chi connectivity index (χ3v) is 2.66. The highest BCUT2D eigenvalue weighted by molar-refractivity contribution is 5.95. The second-order valence-corrected chi connectivity index (χ2v) is 4.38. The second-order valence-electron chi connectivity index (χ2n) is 4.38. The summed E-state index contributed by atoms with van der Waals surface area (Å²) in [6.07, 6.45) is 2.04. The van der Waals surface area contributed by atoms with Gasteiger partial charge in [-0.05, 0) is 24.6 Å². The number of ether oxygens (including phenoxy) is 1. The Morgan fingerprint density at radius 2 is 2.05 bits per heavy atom. The largest absolute Gasteiger partial charge is 0.507 e. The number of unbranched alkanes of at least 4 members (excludes halogenated alkanes) is 1. The van der Waals surface area contributed by atoms with Gasteiger partial charge in [-0.25, -0.2) is 9.59 Å². The van der Waals surface area contributed by atoms with Crippen molar-refractivity contribution < 1.29 is 24.5 Å².